The Morgan fingerprint density at radius 2 is 2.12 bits per heavy atom. The van der Waals surface area contributed by atoms with E-state index in [1.807, 2.05) is 0 Å². The highest BCUT2D eigenvalue weighted by molar-refractivity contribution is 5.76. The van der Waals surface area contributed by atoms with Crippen LogP contribution in [0.15, 0.2) is 18.2 Å². The summed E-state index contributed by atoms with van der Waals surface area (Å²) in [6.45, 7) is 1.75. The fraction of sp³-hybridized carbons (Fsp3) is 0.273. The fourth-order valence-electron chi connectivity index (χ4n) is 1.12. The number of carbonyl (C=O) groups excluding carboxylic acids is 1. The molecular formula is C11H12O5. The highest BCUT2D eigenvalue weighted by Crippen LogP contribution is 2.27. The molecule has 0 spiro atoms. The van der Waals surface area contributed by atoms with Crippen LogP contribution >= 0.6 is 0 Å². The maximum atomic E-state index is 10.5. The summed E-state index contributed by atoms with van der Waals surface area (Å²) in [5.41, 5.74) is 0.450. The van der Waals surface area contributed by atoms with Gasteiger partial charge in [-0.1, -0.05) is 0 Å². The molecule has 16 heavy (non-hydrogen) atoms. The first-order valence-corrected chi connectivity index (χ1v) is 4.74. The molecule has 0 unspecified atom stereocenters. The summed E-state index contributed by atoms with van der Waals surface area (Å²) in [5.74, 6) is -0.384. The van der Waals surface area contributed by atoms with Gasteiger partial charge in [0.25, 0.3) is 0 Å². The highest BCUT2D eigenvalue weighted by atomic mass is 16.5. The molecule has 1 rings (SSSR count). The first-order chi connectivity index (χ1) is 7.67. The van der Waals surface area contributed by atoms with Crippen molar-refractivity contribution >= 4 is 12.3 Å². The van der Waals surface area contributed by atoms with Gasteiger partial charge in [-0.3, -0.25) is 4.79 Å². The molecule has 0 amide bonds. The molecule has 0 aliphatic heterocycles. The van der Waals surface area contributed by atoms with E-state index in [2.05, 4.69) is 0 Å². The predicted molar refractivity (Wildman–Crippen MR) is 56.1 cm³/mol. The Morgan fingerprint density at radius 3 is 2.69 bits per heavy atom. The second-order valence-corrected chi connectivity index (χ2v) is 2.94. The molecule has 0 radical (unpaired) electrons. The molecule has 0 heterocycles. The molecule has 0 bridgehead atoms. The average Bonchev–Trinajstić information content (AvgIpc) is 2.27. The topological polar surface area (TPSA) is 72.8 Å². The van der Waals surface area contributed by atoms with Crippen molar-refractivity contribution in [1.29, 1.82) is 0 Å². The van der Waals surface area contributed by atoms with E-state index < -0.39 is 12.6 Å². The predicted octanol–water partition coefficient (Wildman–Crippen LogP) is 1.36. The summed E-state index contributed by atoms with van der Waals surface area (Å²) in [7, 11) is 0. The van der Waals surface area contributed by atoms with E-state index in [1.54, 1.807) is 6.92 Å². The molecule has 1 aromatic rings. The Bertz CT molecular complexity index is 386. The van der Waals surface area contributed by atoms with Gasteiger partial charge in [-0.25, -0.2) is 4.79 Å². The van der Waals surface area contributed by atoms with Crippen LogP contribution in [0.25, 0.3) is 0 Å². The van der Waals surface area contributed by atoms with Gasteiger partial charge in [0.2, 0.25) is 0 Å². The van der Waals surface area contributed by atoms with Gasteiger partial charge in [0.1, 0.15) is 6.29 Å². The lowest BCUT2D eigenvalue weighted by Crippen LogP contribution is -2.10. The molecule has 0 atom stereocenters. The standard InChI is InChI=1S/C11H12O5/c1-2-15-10-5-8(6-12)3-4-9(10)16-7-11(13)14/h3-6H,2,7H2,1H3,(H,13,14). The molecule has 1 N–H and O–H groups in total. The van der Waals surface area contributed by atoms with Gasteiger partial charge >= 0.3 is 5.97 Å². The van der Waals surface area contributed by atoms with Crippen molar-refractivity contribution in [3.63, 3.8) is 0 Å². The Kier molecular flexibility index (Phi) is 4.32. The Morgan fingerprint density at radius 1 is 1.38 bits per heavy atom. The third-order valence-corrected chi connectivity index (χ3v) is 1.75. The molecule has 0 saturated heterocycles. The quantitative estimate of drug-likeness (QED) is 0.738. The van der Waals surface area contributed by atoms with Crippen molar-refractivity contribution in [2.75, 3.05) is 13.2 Å². The van der Waals surface area contributed by atoms with Crippen molar-refractivity contribution in [2.24, 2.45) is 0 Å². The fourth-order valence-corrected chi connectivity index (χ4v) is 1.12. The Hall–Kier alpha value is -2.04. The third-order valence-electron chi connectivity index (χ3n) is 1.75. The van der Waals surface area contributed by atoms with Crippen LogP contribution in [0.2, 0.25) is 0 Å². The summed E-state index contributed by atoms with van der Waals surface area (Å²) in [5, 5.41) is 8.47. The molecule has 0 aliphatic rings. The zero-order valence-electron chi connectivity index (χ0n) is 8.80. The van der Waals surface area contributed by atoms with E-state index in [0.29, 0.717) is 30.0 Å². The van der Waals surface area contributed by atoms with Crippen LogP contribution < -0.4 is 9.47 Å². The van der Waals surface area contributed by atoms with E-state index in [4.69, 9.17) is 14.6 Å². The van der Waals surface area contributed by atoms with Crippen LogP contribution in [0.5, 0.6) is 11.5 Å². The van der Waals surface area contributed by atoms with E-state index in [1.165, 1.54) is 18.2 Å². The van der Waals surface area contributed by atoms with Crippen molar-refractivity contribution in [2.45, 2.75) is 6.92 Å². The van der Waals surface area contributed by atoms with Crippen LogP contribution in [0.4, 0.5) is 0 Å². The van der Waals surface area contributed by atoms with Gasteiger partial charge in [-0.05, 0) is 25.1 Å². The monoisotopic (exact) mass is 224 g/mol. The van der Waals surface area contributed by atoms with Gasteiger partial charge in [0, 0.05) is 5.56 Å². The second-order valence-electron chi connectivity index (χ2n) is 2.94. The zero-order chi connectivity index (χ0) is 12.0. The smallest absolute Gasteiger partial charge is 0.341 e. The van der Waals surface area contributed by atoms with Crippen molar-refractivity contribution < 1.29 is 24.2 Å². The van der Waals surface area contributed by atoms with Crippen LogP contribution in [-0.2, 0) is 4.79 Å². The van der Waals surface area contributed by atoms with E-state index >= 15 is 0 Å². The first-order valence-electron chi connectivity index (χ1n) is 4.74. The summed E-state index contributed by atoms with van der Waals surface area (Å²) in [6.07, 6.45) is 0.684. The molecule has 0 aliphatic carbocycles. The molecule has 5 heteroatoms. The molecule has 0 saturated carbocycles. The lowest BCUT2D eigenvalue weighted by Gasteiger charge is -2.10. The Labute approximate surface area is 92.6 Å². The number of aliphatic carboxylic acids is 1. The number of carboxylic acid groups (broad SMARTS) is 1. The highest BCUT2D eigenvalue weighted by Gasteiger charge is 2.07. The summed E-state index contributed by atoms with van der Waals surface area (Å²) in [6, 6.07) is 4.55. The normalized spacial score (nSPS) is 9.56. The van der Waals surface area contributed by atoms with Crippen LogP contribution in [0, 0.1) is 0 Å². The maximum absolute atomic E-state index is 10.5. The average molecular weight is 224 g/mol. The summed E-state index contributed by atoms with van der Waals surface area (Å²) in [4.78, 5) is 20.9. The van der Waals surface area contributed by atoms with E-state index in [0.717, 1.165) is 0 Å². The molecule has 1 aromatic carbocycles. The minimum atomic E-state index is -1.07. The molecule has 0 aromatic heterocycles. The van der Waals surface area contributed by atoms with Gasteiger partial charge < -0.3 is 14.6 Å². The number of benzene rings is 1. The van der Waals surface area contributed by atoms with E-state index in [-0.39, 0.29) is 0 Å². The molecule has 86 valence electrons. The zero-order valence-corrected chi connectivity index (χ0v) is 8.80. The van der Waals surface area contributed by atoms with Crippen molar-refractivity contribution in [3.8, 4) is 11.5 Å². The van der Waals surface area contributed by atoms with Crippen LogP contribution in [0.1, 0.15) is 17.3 Å². The van der Waals surface area contributed by atoms with Crippen LogP contribution in [-0.4, -0.2) is 30.6 Å². The van der Waals surface area contributed by atoms with E-state index in [9.17, 15) is 9.59 Å². The summed E-state index contributed by atoms with van der Waals surface area (Å²) >= 11 is 0. The number of hydrogen-bond donors (Lipinski definition) is 1. The SMILES string of the molecule is CCOc1cc(C=O)ccc1OCC(=O)O. The van der Waals surface area contributed by atoms with Crippen molar-refractivity contribution in [1.82, 2.24) is 0 Å². The molecule has 0 fully saturated rings. The van der Waals surface area contributed by atoms with Gasteiger partial charge in [-0.15, -0.1) is 0 Å². The number of rotatable bonds is 6. The lowest BCUT2D eigenvalue weighted by molar-refractivity contribution is -0.139. The lowest BCUT2D eigenvalue weighted by atomic mass is 10.2. The van der Waals surface area contributed by atoms with Gasteiger partial charge in [-0.2, -0.15) is 0 Å². The Balaban J connectivity index is 2.88. The molecule has 5 nitrogen and oxygen atoms in total. The number of carbonyl (C=O) groups is 2. The third kappa shape index (κ3) is 3.27. The number of ether oxygens (including phenoxy) is 2. The number of aldehydes is 1. The van der Waals surface area contributed by atoms with Crippen LogP contribution in [0.3, 0.4) is 0 Å². The number of hydrogen-bond acceptors (Lipinski definition) is 4. The summed E-state index contributed by atoms with van der Waals surface area (Å²) < 4.78 is 10.2. The first kappa shape index (κ1) is 12.0. The van der Waals surface area contributed by atoms with Gasteiger partial charge in [0.05, 0.1) is 6.61 Å². The minimum absolute atomic E-state index is 0.315. The second kappa shape index (κ2) is 5.75. The minimum Gasteiger partial charge on any atom is -0.490 e. The molecular weight excluding hydrogens is 212 g/mol. The van der Waals surface area contributed by atoms with Crippen molar-refractivity contribution in [3.05, 3.63) is 23.8 Å². The maximum Gasteiger partial charge on any atom is 0.341 e. The number of carboxylic acids is 1. The van der Waals surface area contributed by atoms with Gasteiger partial charge in [0.15, 0.2) is 18.1 Å². The largest absolute Gasteiger partial charge is 0.490 e.